The number of nitrogens with zero attached hydrogens (tertiary/aromatic N) is 3. The molecule has 106 valence electrons. The number of nitrogens with two attached hydrogens (primary N) is 1. The fourth-order valence-electron chi connectivity index (χ4n) is 2.41. The number of benzene rings is 2. The Morgan fingerprint density at radius 3 is 2.18 bits per heavy atom. The van der Waals surface area contributed by atoms with Crippen LogP contribution in [0.15, 0.2) is 60.7 Å². The Bertz CT molecular complexity index is 821. The number of aromatic nitrogens is 2. The van der Waals surface area contributed by atoms with E-state index in [1.807, 2.05) is 60.7 Å². The first-order chi connectivity index (χ1) is 10.8. The third-order valence-corrected chi connectivity index (χ3v) is 3.48. The summed E-state index contributed by atoms with van der Waals surface area (Å²) in [5.41, 5.74) is 9.78. The maximum absolute atomic E-state index is 9.45. The van der Waals surface area contributed by atoms with Gasteiger partial charge >= 0.3 is 0 Å². The van der Waals surface area contributed by atoms with Crippen LogP contribution in [0.1, 0.15) is 16.7 Å². The van der Waals surface area contributed by atoms with Crippen LogP contribution in [0.5, 0.6) is 0 Å². The molecular formula is C18H14N4. The highest BCUT2D eigenvalue weighted by atomic mass is 15.1. The fraction of sp³-hybridized carbons (Fsp3) is 0.0556. The van der Waals surface area contributed by atoms with Crippen molar-refractivity contribution >= 4 is 5.82 Å². The van der Waals surface area contributed by atoms with Gasteiger partial charge in [0.15, 0.2) is 5.82 Å². The van der Waals surface area contributed by atoms with E-state index in [1.165, 1.54) is 0 Å². The molecule has 0 aliphatic heterocycles. The molecule has 0 saturated carbocycles. The maximum atomic E-state index is 9.45. The lowest BCUT2D eigenvalue weighted by Gasteiger charge is -2.11. The van der Waals surface area contributed by atoms with Crippen LogP contribution in [0.2, 0.25) is 0 Å². The van der Waals surface area contributed by atoms with E-state index in [0.717, 1.165) is 16.7 Å². The molecule has 22 heavy (non-hydrogen) atoms. The lowest BCUT2D eigenvalue weighted by atomic mass is 9.96. The maximum Gasteiger partial charge on any atom is 0.164 e. The molecule has 0 unspecified atom stereocenters. The van der Waals surface area contributed by atoms with Crippen LogP contribution in [0, 0.1) is 11.3 Å². The minimum absolute atomic E-state index is 0.174. The topological polar surface area (TPSA) is 75.6 Å². The van der Waals surface area contributed by atoms with Crippen LogP contribution < -0.4 is 5.73 Å². The van der Waals surface area contributed by atoms with Crippen LogP contribution in [0.4, 0.5) is 5.82 Å². The van der Waals surface area contributed by atoms with Gasteiger partial charge in [-0.05, 0) is 5.56 Å². The van der Waals surface area contributed by atoms with Crippen LogP contribution in [-0.2, 0) is 6.42 Å². The molecule has 0 amide bonds. The number of rotatable bonds is 3. The van der Waals surface area contributed by atoms with E-state index < -0.39 is 0 Å². The summed E-state index contributed by atoms with van der Waals surface area (Å²) in [6, 6.07) is 21.8. The van der Waals surface area contributed by atoms with Crippen molar-refractivity contribution in [1.82, 2.24) is 10.2 Å². The van der Waals surface area contributed by atoms with E-state index in [4.69, 9.17) is 5.73 Å². The van der Waals surface area contributed by atoms with Crippen molar-refractivity contribution in [2.24, 2.45) is 0 Å². The first-order valence-electron chi connectivity index (χ1n) is 6.94. The molecule has 0 atom stereocenters. The second-order valence-electron chi connectivity index (χ2n) is 4.93. The number of nitriles is 1. The molecular weight excluding hydrogens is 272 g/mol. The summed E-state index contributed by atoms with van der Waals surface area (Å²) in [5.74, 6) is 0.174. The highest BCUT2D eigenvalue weighted by Crippen LogP contribution is 2.27. The molecule has 0 spiro atoms. The average molecular weight is 286 g/mol. The summed E-state index contributed by atoms with van der Waals surface area (Å²) in [5, 5.41) is 17.6. The van der Waals surface area contributed by atoms with Gasteiger partial charge < -0.3 is 5.73 Å². The summed E-state index contributed by atoms with van der Waals surface area (Å²) in [7, 11) is 0. The van der Waals surface area contributed by atoms with Crippen LogP contribution in [0.25, 0.3) is 11.3 Å². The zero-order valence-corrected chi connectivity index (χ0v) is 11.9. The van der Waals surface area contributed by atoms with Crippen molar-refractivity contribution in [3.05, 3.63) is 77.4 Å². The Balaban J connectivity index is 2.17. The smallest absolute Gasteiger partial charge is 0.164 e. The minimum Gasteiger partial charge on any atom is -0.381 e. The molecule has 3 aromatic rings. The van der Waals surface area contributed by atoms with E-state index >= 15 is 0 Å². The number of hydrogen-bond acceptors (Lipinski definition) is 4. The molecule has 1 heterocycles. The number of hydrogen-bond donors (Lipinski definition) is 1. The molecule has 2 aromatic carbocycles. The third-order valence-electron chi connectivity index (χ3n) is 3.48. The van der Waals surface area contributed by atoms with Gasteiger partial charge in [0.2, 0.25) is 0 Å². The first-order valence-corrected chi connectivity index (χ1v) is 6.94. The molecule has 3 rings (SSSR count). The van der Waals surface area contributed by atoms with Crippen molar-refractivity contribution < 1.29 is 0 Å². The average Bonchev–Trinajstić information content (AvgIpc) is 2.57. The van der Waals surface area contributed by atoms with Crippen LogP contribution >= 0.6 is 0 Å². The molecule has 0 radical (unpaired) electrons. The second-order valence-corrected chi connectivity index (χ2v) is 4.93. The van der Waals surface area contributed by atoms with Crippen molar-refractivity contribution in [1.29, 1.82) is 5.26 Å². The lowest BCUT2D eigenvalue weighted by Crippen LogP contribution is -2.06. The third kappa shape index (κ3) is 2.65. The molecule has 2 N–H and O–H groups in total. The van der Waals surface area contributed by atoms with Crippen LogP contribution in [-0.4, -0.2) is 10.2 Å². The molecule has 0 aliphatic rings. The quantitative estimate of drug-likeness (QED) is 0.802. The molecule has 0 saturated heterocycles. The Labute approximate surface area is 128 Å². The van der Waals surface area contributed by atoms with E-state index in [2.05, 4.69) is 16.3 Å². The Hall–Kier alpha value is -3.19. The van der Waals surface area contributed by atoms with Crippen LogP contribution in [0.3, 0.4) is 0 Å². The minimum atomic E-state index is 0.174. The van der Waals surface area contributed by atoms with Gasteiger partial charge in [-0.25, -0.2) is 0 Å². The molecule has 4 heteroatoms. The molecule has 0 fully saturated rings. The van der Waals surface area contributed by atoms with E-state index in [-0.39, 0.29) is 5.82 Å². The first kappa shape index (κ1) is 13.8. The molecule has 0 aliphatic carbocycles. The molecule has 4 nitrogen and oxygen atoms in total. The van der Waals surface area contributed by atoms with Gasteiger partial charge in [-0.2, -0.15) is 5.26 Å². The van der Waals surface area contributed by atoms with E-state index in [0.29, 0.717) is 17.7 Å². The van der Waals surface area contributed by atoms with Crippen molar-refractivity contribution in [2.75, 3.05) is 5.73 Å². The second kappa shape index (κ2) is 6.06. The van der Waals surface area contributed by atoms with Gasteiger partial charge in [-0.1, -0.05) is 60.7 Å². The predicted octanol–water partition coefficient (Wildman–Crippen LogP) is 3.19. The van der Waals surface area contributed by atoms with Gasteiger partial charge in [-0.15, -0.1) is 10.2 Å². The summed E-state index contributed by atoms with van der Waals surface area (Å²) in [6.07, 6.45) is 0.591. The van der Waals surface area contributed by atoms with E-state index in [1.54, 1.807) is 0 Å². The largest absolute Gasteiger partial charge is 0.381 e. The summed E-state index contributed by atoms with van der Waals surface area (Å²) in [6.45, 7) is 0. The van der Waals surface area contributed by atoms with E-state index in [9.17, 15) is 5.26 Å². The Morgan fingerprint density at radius 1 is 0.909 bits per heavy atom. The van der Waals surface area contributed by atoms with Crippen molar-refractivity contribution in [3.8, 4) is 17.3 Å². The van der Waals surface area contributed by atoms with Gasteiger partial charge in [0.05, 0.1) is 5.69 Å². The Morgan fingerprint density at radius 2 is 1.55 bits per heavy atom. The van der Waals surface area contributed by atoms with Gasteiger partial charge in [0.25, 0.3) is 0 Å². The predicted molar refractivity (Wildman–Crippen MR) is 85.8 cm³/mol. The fourth-order valence-corrected chi connectivity index (χ4v) is 2.41. The normalized spacial score (nSPS) is 10.1. The highest BCUT2D eigenvalue weighted by Gasteiger charge is 2.16. The van der Waals surface area contributed by atoms with Gasteiger partial charge in [0.1, 0.15) is 11.6 Å². The zero-order valence-electron chi connectivity index (χ0n) is 11.9. The molecule has 1 aromatic heterocycles. The lowest BCUT2D eigenvalue weighted by molar-refractivity contribution is 1.00. The molecule has 0 bridgehead atoms. The summed E-state index contributed by atoms with van der Waals surface area (Å²) >= 11 is 0. The van der Waals surface area contributed by atoms with Gasteiger partial charge in [-0.3, -0.25) is 0 Å². The summed E-state index contributed by atoms with van der Waals surface area (Å²) in [4.78, 5) is 0. The van der Waals surface area contributed by atoms with Gasteiger partial charge in [0, 0.05) is 17.5 Å². The standard InChI is InChI=1S/C18H14N4/c19-12-16-15(11-13-7-3-1-4-8-13)17(21-22-18(16)20)14-9-5-2-6-10-14/h1-10H,11H2,(H2,20,22). The highest BCUT2D eigenvalue weighted by molar-refractivity contribution is 5.69. The Kier molecular flexibility index (Phi) is 3.80. The number of anilines is 1. The number of nitrogen functional groups attached to an aromatic ring is 1. The van der Waals surface area contributed by atoms with Crippen molar-refractivity contribution in [3.63, 3.8) is 0 Å². The summed E-state index contributed by atoms with van der Waals surface area (Å²) < 4.78 is 0. The SMILES string of the molecule is N#Cc1c(N)nnc(-c2ccccc2)c1Cc1ccccc1. The monoisotopic (exact) mass is 286 g/mol. The zero-order chi connectivity index (χ0) is 15.4. The van der Waals surface area contributed by atoms with Crippen molar-refractivity contribution in [2.45, 2.75) is 6.42 Å².